The van der Waals surface area contributed by atoms with E-state index in [1.807, 2.05) is 44.0 Å². The van der Waals surface area contributed by atoms with Crippen molar-refractivity contribution in [1.82, 2.24) is 19.8 Å². The van der Waals surface area contributed by atoms with Crippen molar-refractivity contribution in [2.45, 2.75) is 38.3 Å². The van der Waals surface area contributed by atoms with E-state index in [0.29, 0.717) is 0 Å². The summed E-state index contributed by atoms with van der Waals surface area (Å²) >= 11 is 0. The van der Waals surface area contributed by atoms with E-state index in [-0.39, 0.29) is 17.9 Å². The average Bonchev–Trinajstić information content (AvgIpc) is 3.16. The molecule has 0 fully saturated rings. The second-order valence-corrected chi connectivity index (χ2v) is 7.64. The van der Waals surface area contributed by atoms with Crippen LogP contribution in [0.3, 0.4) is 0 Å². The Balaban J connectivity index is 1.89. The van der Waals surface area contributed by atoms with Crippen LogP contribution in [0.4, 0.5) is 0 Å². The Bertz CT molecular complexity index is 738. The summed E-state index contributed by atoms with van der Waals surface area (Å²) in [6.07, 6.45) is 5.19. The smallest absolute Gasteiger partial charge is 0.241 e. The number of hydrogen-bond donors (Lipinski definition) is 1. The summed E-state index contributed by atoms with van der Waals surface area (Å²) in [5.41, 5.74) is 2.00. The van der Waals surface area contributed by atoms with Gasteiger partial charge in [0.15, 0.2) is 0 Å². The molecule has 3 rings (SSSR count). The highest BCUT2D eigenvalue weighted by Gasteiger charge is 2.46. The lowest BCUT2D eigenvalue weighted by Gasteiger charge is -2.36. The van der Waals surface area contributed by atoms with Crippen LogP contribution in [-0.4, -0.2) is 40.0 Å². The molecule has 1 aliphatic carbocycles. The van der Waals surface area contributed by atoms with Crippen molar-refractivity contribution < 1.29 is 4.79 Å². The van der Waals surface area contributed by atoms with Crippen molar-refractivity contribution >= 4 is 5.91 Å². The minimum Gasteiger partial charge on any atom is -0.344 e. The number of nitrogens with zero attached hydrogens (tertiary/aromatic N) is 3. The number of benzene rings is 1. The fourth-order valence-electron chi connectivity index (χ4n) is 3.76. The number of fused-ring (bicyclic) bond motifs is 1. The molecule has 1 unspecified atom stereocenters. The van der Waals surface area contributed by atoms with Crippen LogP contribution in [0.5, 0.6) is 0 Å². The molecule has 0 bridgehead atoms. The molecule has 0 aliphatic heterocycles. The Morgan fingerprint density at radius 1 is 1.24 bits per heavy atom. The van der Waals surface area contributed by atoms with E-state index >= 15 is 0 Å². The maximum Gasteiger partial charge on any atom is 0.241 e. The van der Waals surface area contributed by atoms with Crippen LogP contribution in [0.25, 0.3) is 0 Å². The Morgan fingerprint density at radius 3 is 2.28 bits per heavy atom. The molecule has 1 heterocycles. The zero-order valence-corrected chi connectivity index (χ0v) is 15.8. The van der Waals surface area contributed by atoms with Crippen molar-refractivity contribution in [1.29, 1.82) is 0 Å². The van der Waals surface area contributed by atoms with Crippen molar-refractivity contribution in [3.8, 4) is 0 Å². The Hall–Kier alpha value is -2.14. The van der Waals surface area contributed by atoms with Gasteiger partial charge in [0, 0.05) is 32.3 Å². The van der Waals surface area contributed by atoms with Gasteiger partial charge in [0.2, 0.25) is 5.91 Å². The molecule has 0 radical (unpaired) electrons. The van der Waals surface area contributed by atoms with Crippen LogP contribution in [0, 0.1) is 5.92 Å². The van der Waals surface area contributed by atoms with Crippen LogP contribution in [-0.2, 0) is 24.7 Å². The number of hydrogen-bond acceptors (Lipinski definition) is 3. The van der Waals surface area contributed by atoms with Gasteiger partial charge >= 0.3 is 0 Å². The monoisotopic (exact) mass is 340 g/mol. The molecular formula is C20H28N4O. The number of carbonyl (C=O) groups is 1. The molecule has 0 spiro atoms. The normalized spacial score (nSPS) is 16.9. The van der Waals surface area contributed by atoms with Crippen LogP contribution < -0.4 is 5.32 Å². The molecule has 1 aromatic carbocycles. The van der Waals surface area contributed by atoms with Gasteiger partial charge in [-0.15, -0.1) is 0 Å². The highest BCUT2D eigenvalue weighted by molar-refractivity contribution is 5.88. The quantitative estimate of drug-likeness (QED) is 0.909. The summed E-state index contributed by atoms with van der Waals surface area (Å²) in [6.45, 7) is 4.23. The fraction of sp³-hybridized carbons (Fsp3) is 0.500. The zero-order valence-electron chi connectivity index (χ0n) is 15.8. The van der Waals surface area contributed by atoms with Crippen LogP contribution >= 0.6 is 0 Å². The standard InChI is InChI=1S/C20H28N4O/c1-14(2)17(18-21-10-11-24(18)5)22-19(25)20(23(3)4)12-15-8-6-7-9-16(15)13-20/h6-11,14,17H,12-13H2,1-5H3,(H,22,25). The Kier molecular flexibility index (Phi) is 4.69. The molecule has 1 atom stereocenters. The first kappa shape index (κ1) is 17.7. The minimum absolute atomic E-state index is 0.0791. The minimum atomic E-state index is -0.540. The number of likely N-dealkylation sites (N-methyl/N-ethyl adjacent to an activating group) is 1. The van der Waals surface area contributed by atoms with Crippen LogP contribution in [0.2, 0.25) is 0 Å². The number of imidazole rings is 1. The molecule has 25 heavy (non-hydrogen) atoms. The zero-order chi connectivity index (χ0) is 18.2. The fourth-order valence-corrected chi connectivity index (χ4v) is 3.76. The first-order valence-electron chi connectivity index (χ1n) is 8.87. The number of aryl methyl sites for hydroxylation is 1. The second-order valence-electron chi connectivity index (χ2n) is 7.64. The van der Waals surface area contributed by atoms with Gasteiger partial charge in [-0.2, -0.15) is 0 Å². The molecule has 0 saturated carbocycles. The number of amides is 1. The summed E-state index contributed by atoms with van der Waals surface area (Å²) in [7, 11) is 5.96. The van der Waals surface area contributed by atoms with Gasteiger partial charge in [-0.1, -0.05) is 38.1 Å². The lowest BCUT2D eigenvalue weighted by atomic mass is 9.91. The molecule has 1 aromatic heterocycles. The number of rotatable bonds is 5. The first-order valence-corrected chi connectivity index (χ1v) is 8.87. The predicted molar refractivity (Wildman–Crippen MR) is 99.2 cm³/mol. The molecule has 1 N–H and O–H groups in total. The van der Waals surface area contributed by atoms with E-state index in [4.69, 9.17) is 0 Å². The van der Waals surface area contributed by atoms with Gasteiger partial charge in [-0.25, -0.2) is 4.98 Å². The number of carbonyl (C=O) groups excluding carboxylic acids is 1. The maximum atomic E-state index is 13.4. The van der Waals surface area contributed by atoms with Gasteiger partial charge in [0.25, 0.3) is 0 Å². The van der Waals surface area contributed by atoms with E-state index in [9.17, 15) is 4.79 Å². The van der Waals surface area contributed by atoms with Gasteiger partial charge in [-0.05, 0) is 31.1 Å². The van der Waals surface area contributed by atoms with Crippen molar-refractivity contribution in [2.75, 3.05) is 14.1 Å². The molecule has 1 aliphatic rings. The molecule has 1 amide bonds. The second kappa shape index (κ2) is 6.64. The van der Waals surface area contributed by atoms with Crippen LogP contribution in [0.15, 0.2) is 36.7 Å². The third kappa shape index (κ3) is 3.09. The summed E-state index contributed by atoms with van der Waals surface area (Å²) in [4.78, 5) is 19.9. The van der Waals surface area contributed by atoms with Gasteiger partial charge in [-0.3, -0.25) is 9.69 Å². The van der Waals surface area contributed by atoms with Gasteiger partial charge < -0.3 is 9.88 Å². The van der Waals surface area contributed by atoms with E-state index < -0.39 is 5.54 Å². The Labute approximate surface area is 150 Å². The van der Waals surface area contributed by atoms with Gasteiger partial charge in [0.1, 0.15) is 11.4 Å². The molecule has 5 nitrogen and oxygen atoms in total. The average molecular weight is 340 g/mol. The third-order valence-corrected chi connectivity index (χ3v) is 5.45. The predicted octanol–water partition coefficient (Wildman–Crippen LogP) is 2.33. The lowest BCUT2D eigenvalue weighted by molar-refractivity contribution is -0.132. The summed E-state index contributed by atoms with van der Waals surface area (Å²) in [5, 5.41) is 3.29. The van der Waals surface area contributed by atoms with E-state index in [2.05, 4.69) is 41.2 Å². The molecule has 0 saturated heterocycles. The Morgan fingerprint density at radius 2 is 1.84 bits per heavy atom. The lowest BCUT2D eigenvalue weighted by Crippen LogP contribution is -2.58. The highest BCUT2D eigenvalue weighted by atomic mass is 16.2. The number of aromatic nitrogens is 2. The van der Waals surface area contributed by atoms with Crippen LogP contribution in [0.1, 0.15) is 36.8 Å². The summed E-state index contributed by atoms with van der Waals surface area (Å²) in [6, 6.07) is 8.26. The maximum absolute atomic E-state index is 13.4. The third-order valence-electron chi connectivity index (χ3n) is 5.45. The largest absolute Gasteiger partial charge is 0.344 e. The number of nitrogens with one attached hydrogen (secondary N) is 1. The molecule has 2 aromatic rings. The highest BCUT2D eigenvalue weighted by Crippen LogP contribution is 2.34. The first-order chi connectivity index (χ1) is 11.8. The SMILES string of the molecule is CC(C)C(NC(=O)C1(N(C)C)Cc2ccccc2C1)c1nccn1C. The summed E-state index contributed by atoms with van der Waals surface area (Å²) in [5.74, 6) is 1.23. The van der Waals surface area contributed by atoms with E-state index in [1.165, 1.54) is 11.1 Å². The van der Waals surface area contributed by atoms with Crippen molar-refractivity contribution in [2.24, 2.45) is 13.0 Å². The van der Waals surface area contributed by atoms with Crippen molar-refractivity contribution in [3.05, 3.63) is 53.6 Å². The van der Waals surface area contributed by atoms with Crippen molar-refractivity contribution in [3.63, 3.8) is 0 Å². The van der Waals surface area contributed by atoms with Gasteiger partial charge in [0.05, 0.1) is 6.04 Å². The van der Waals surface area contributed by atoms with E-state index in [1.54, 1.807) is 6.20 Å². The summed E-state index contributed by atoms with van der Waals surface area (Å²) < 4.78 is 1.98. The molecule has 5 heteroatoms. The topological polar surface area (TPSA) is 50.2 Å². The van der Waals surface area contributed by atoms with E-state index in [0.717, 1.165) is 18.7 Å². The molecular weight excluding hydrogens is 312 g/mol. The molecule has 134 valence electrons.